The maximum absolute atomic E-state index is 11.9. The number of carbonyl (C=O) groups excluding carboxylic acids is 2. The average Bonchev–Trinajstić information content (AvgIpc) is 2.84. The Morgan fingerprint density at radius 2 is 2.00 bits per heavy atom. The van der Waals surface area contributed by atoms with E-state index in [4.69, 9.17) is 4.74 Å². The highest BCUT2D eigenvalue weighted by Crippen LogP contribution is 2.15. The summed E-state index contributed by atoms with van der Waals surface area (Å²) in [6, 6.07) is 7.54. The molecule has 0 saturated heterocycles. The Labute approximate surface area is 147 Å². The number of aromatic nitrogens is 2. The van der Waals surface area contributed by atoms with Crippen molar-refractivity contribution in [3.05, 3.63) is 52.9 Å². The number of hydrogen-bond acceptors (Lipinski definition) is 4. The fourth-order valence-electron chi connectivity index (χ4n) is 2.50. The van der Waals surface area contributed by atoms with E-state index in [1.165, 1.54) is 6.08 Å². The molecule has 1 amide bonds. The number of carbonyl (C=O) groups is 2. The first-order chi connectivity index (χ1) is 11.9. The molecule has 6 nitrogen and oxygen atoms in total. The minimum absolute atomic E-state index is 0.327. The Kier molecular flexibility index (Phi) is 6.11. The third-order valence-corrected chi connectivity index (χ3v) is 3.97. The van der Waals surface area contributed by atoms with Gasteiger partial charge >= 0.3 is 5.97 Å². The summed E-state index contributed by atoms with van der Waals surface area (Å²) in [4.78, 5) is 23.8. The average molecular weight is 341 g/mol. The van der Waals surface area contributed by atoms with E-state index in [1.807, 2.05) is 52.1 Å². The van der Waals surface area contributed by atoms with Crippen LogP contribution in [-0.2, 0) is 27.8 Å². The second-order valence-corrected chi connectivity index (χ2v) is 5.71. The molecule has 0 aliphatic carbocycles. The third kappa shape index (κ3) is 4.79. The van der Waals surface area contributed by atoms with Crippen molar-refractivity contribution in [2.24, 2.45) is 7.05 Å². The summed E-state index contributed by atoms with van der Waals surface area (Å²) in [5.74, 6) is -0.932. The molecule has 0 unspecified atom stereocenters. The molecule has 132 valence electrons. The molecule has 1 N–H and O–H groups in total. The zero-order valence-corrected chi connectivity index (χ0v) is 15.0. The number of aryl methyl sites for hydroxylation is 3. The number of anilines is 1. The highest BCUT2D eigenvalue weighted by molar-refractivity contribution is 5.95. The van der Waals surface area contributed by atoms with E-state index in [0.717, 1.165) is 34.6 Å². The van der Waals surface area contributed by atoms with Crippen LogP contribution in [0.1, 0.15) is 29.4 Å². The van der Waals surface area contributed by atoms with Gasteiger partial charge in [0.15, 0.2) is 6.61 Å². The van der Waals surface area contributed by atoms with Crippen LogP contribution in [0.5, 0.6) is 0 Å². The molecule has 2 rings (SSSR count). The first kappa shape index (κ1) is 18.4. The van der Waals surface area contributed by atoms with Gasteiger partial charge in [-0.2, -0.15) is 5.10 Å². The van der Waals surface area contributed by atoms with Crippen molar-refractivity contribution in [2.75, 3.05) is 11.9 Å². The lowest BCUT2D eigenvalue weighted by molar-refractivity contribution is -0.142. The van der Waals surface area contributed by atoms with Crippen LogP contribution in [0.2, 0.25) is 0 Å². The number of esters is 1. The summed E-state index contributed by atoms with van der Waals surface area (Å²) < 4.78 is 6.74. The summed E-state index contributed by atoms with van der Waals surface area (Å²) in [6.07, 6.45) is 3.78. The van der Waals surface area contributed by atoms with Crippen LogP contribution in [-0.4, -0.2) is 28.3 Å². The maximum atomic E-state index is 11.9. The minimum Gasteiger partial charge on any atom is -0.452 e. The number of benzene rings is 1. The summed E-state index contributed by atoms with van der Waals surface area (Å²) in [7, 11) is 1.84. The van der Waals surface area contributed by atoms with Crippen molar-refractivity contribution in [3.8, 4) is 0 Å². The van der Waals surface area contributed by atoms with Gasteiger partial charge in [-0.15, -0.1) is 0 Å². The first-order valence-electron chi connectivity index (χ1n) is 8.15. The minimum atomic E-state index is -0.568. The van der Waals surface area contributed by atoms with Crippen LogP contribution >= 0.6 is 0 Å². The smallest absolute Gasteiger partial charge is 0.331 e. The third-order valence-electron chi connectivity index (χ3n) is 3.97. The van der Waals surface area contributed by atoms with Gasteiger partial charge in [-0.3, -0.25) is 9.48 Å². The van der Waals surface area contributed by atoms with E-state index >= 15 is 0 Å². The molecular weight excluding hydrogens is 318 g/mol. The molecule has 0 atom stereocenters. The topological polar surface area (TPSA) is 73.2 Å². The Morgan fingerprint density at radius 3 is 2.64 bits per heavy atom. The van der Waals surface area contributed by atoms with Crippen LogP contribution in [0.3, 0.4) is 0 Å². The SMILES string of the molecule is CCc1ccccc1NC(=O)COC(=O)/C=C/c1c(C)nn(C)c1C. The van der Waals surface area contributed by atoms with Crippen LogP contribution in [0.15, 0.2) is 30.3 Å². The molecule has 0 spiro atoms. The van der Waals surface area contributed by atoms with E-state index in [1.54, 1.807) is 10.8 Å². The molecule has 1 heterocycles. The normalized spacial score (nSPS) is 10.9. The number of para-hydroxylation sites is 1. The van der Waals surface area contributed by atoms with Crippen molar-refractivity contribution in [3.63, 3.8) is 0 Å². The number of nitrogens with zero attached hydrogens (tertiary/aromatic N) is 2. The van der Waals surface area contributed by atoms with Crippen LogP contribution in [0, 0.1) is 13.8 Å². The number of nitrogens with one attached hydrogen (secondary N) is 1. The van der Waals surface area contributed by atoms with Crippen molar-refractivity contribution < 1.29 is 14.3 Å². The zero-order valence-electron chi connectivity index (χ0n) is 15.0. The van der Waals surface area contributed by atoms with Gasteiger partial charge in [-0.05, 0) is 38.0 Å². The molecule has 1 aromatic heterocycles. The zero-order chi connectivity index (χ0) is 18.4. The van der Waals surface area contributed by atoms with E-state index in [2.05, 4.69) is 10.4 Å². The van der Waals surface area contributed by atoms with Crippen molar-refractivity contribution >= 4 is 23.6 Å². The second kappa shape index (κ2) is 8.28. The molecule has 0 fully saturated rings. The van der Waals surface area contributed by atoms with Gasteiger partial charge in [0.2, 0.25) is 0 Å². The summed E-state index contributed by atoms with van der Waals surface area (Å²) in [5, 5.41) is 7.03. The van der Waals surface area contributed by atoms with Crippen molar-refractivity contribution in [2.45, 2.75) is 27.2 Å². The number of ether oxygens (including phenoxy) is 1. The number of amides is 1. The number of rotatable bonds is 6. The second-order valence-electron chi connectivity index (χ2n) is 5.71. The molecule has 0 aliphatic rings. The largest absolute Gasteiger partial charge is 0.452 e. The van der Waals surface area contributed by atoms with Crippen LogP contribution < -0.4 is 5.32 Å². The Balaban J connectivity index is 1.89. The van der Waals surface area contributed by atoms with Gasteiger partial charge in [0.25, 0.3) is 5.91 Å². The quantitative estimate of drug-likeness (QED) is 0.648. The summed E-state index contributed by atoms with van der Waals surface area (Å²) in [6.45, 7) is 5.48. The molecule has 1 aromatic carbocycles. The van der Waals surface area contributed by atoms with Crippen LogP contribution in [0.4, 0.5) is 5.69 Å². The van der Waals surface area contributed by atoms with Gasteiger partial charge in [0, 0.05) is 30.1 Å². The van der Waals surface area contributed by atoms with Crippen molar-refractivity contribution in [1.29, 1.82) is 0 Å². The molecule has 0 aliphatic heterocycles. The molecule has 6 heteroatoms. The summed E-state index contributed by atoms with van der Waals surface area (Å²) in [5.41, 5.74) is 4.43. The molecule has 2 aromatic rings. The van der Waals surface area contributed by atoms with Gasteiger partial charge in [0.1, 0.15) is 0 Å². The predicted octanol–water partition coefficient (Wildman–Crippen LogP) is 2.79. The first-order valence-corrected chi connectivity index (χ1v) is 8.15. The fraction of sp³-hybridized carbons (Fsp3) is 0.316. The van der Waals surface area contributed by atoms with E-state index in [0.29, 0.717) is 0 Å². The van der Waals surface area contributed by atoms with E-state index < -0.39 is 5.97 Å². The van der Waals surface area contributed by atoms with E-state index in [-0.39, 0.29) is 12.5 Å². The van der Waals surface area contributed by atoms with Crippen molar-refractivity contribution in [1.82, 2.24) is 9.78 Å². The van der Waals surface area contributed by atoms with Gasteiger partial charge in [-0.1, -0.05) is 25.1 Å². The molecular formula is C19H23N3O3. The predicted molar refractivity (Wildman–Crippen MR) is 97.1 cm³/mol. The van der Waals surface area contributed by atoms with Gasteiger partial charge < -0.3 is 10.1 Å². The molecule has 0 bridgehead atoms. The highest BCUT2D eigenvalue weighted by Gasteiger charge is 2.09. The van der Waals surface area contributed by atoms with Crippen LogP contribution in [0.25, 0.3) is 6.08 Å². The lowest BCUT2D eigenvalue weighted by atomic mass is 10.1. The number of hydrogen-bond donors (Lipinski definition) is 1. The lowest BCUT2D eigenvalue weighted by Crippen LogP contribution is -2.20. The summed E-state index contributed by atoms with van der Waals surface area (Å²) >= 11 is 0. The van der Waals surface area contributed by atoms with Gasteiger partial charge in [-0.25, -0.2) is 4.79 Å². The molecule has 0 radical (unpaired) electrons. The van der Waals surface area contributed by atoms with Gasteiger partial charge in [0.05, 0.1) is 5.69 Å². The fourth-order valence-corrected chi connectivity index (χ4v) is 2.50. The molecule has 25 heavy (non-hydrogen) atoms. The maximum Gasteiger partial charge on any atom is 0.331 e. The Hall–Kier alpha value is -2.89. The highest BCUT2D eigenvalue weighted by atomic mass is 16.5. The lowest BCUT2D eigenvalue weighted by Gasteiger charge is -2.09. The molecule has 0 saturated carbocycles. The Bertz CT molecular complexity index is 806. The standard InChI is InChI=1S/C19H23N3O3/c1-5-15-8-6-7-9-17(15)20-18(23)12-25-19(24)11-10-16-13(2)21-22(4)14(16)3/h6-11H,5,12H2,1-4H3,(H,20,23)/b11-10+. The van der Waals surface area contributed by atoms with E-state index in [9.17, 15) is 9.59 Å². The monoisotopic (exact) mass is 341 g/mol. The Morgan fingerprint density at radius 1 is 1.28 bits per heavy atom.